The molecule has 2 heterocycles. The summed E-state index contributed by atoms with van der Waals surface area (Å²) in [6.07, 6.45) is 20.9. The molecule has 7 saturated carbocycles. The third kappa shape index (κ3) is 7.00. The van der Waals surface area contributed by atoms with Gasteiger partial charge in [0.2, 0.25) is 0 Å². The molecule has 10 aliphatic carbocycles. The van der Waals surface area contributed by atoms with Gasteiger partial charge in [0, 0.05) is 65.6 Å². The van der Waals surface area contributed by atoms with Crippen molar-refractivity contribution in [3.63, 3.8) is 0 Å². The summed E-state index contributed by atoms with van der Waals surface area (Å²) >= 11 is 0. The number of guanidine groups is 1. The van der Waals surface area contributed by atoms with Crippen LogP contribution in [0, 0.1) is 86.8 Å². The van der Waals surface area contributed by atoms with Gasteiger partial charge in [-0.25, -0.2) is 4.98 Å². The Hall–Kier alpha value is -2.13. The number of imidazole rings is 1. The summed E-state index contributed by atoms with van der Waals surface area (Å²) in [6, 6.07) is 0.188. The normalized spacial score (nSPS) is 49.4. The SMILES string of the molecule is C[C@H](O)NC(N)=NC[C@@H]1C[C@]2(C)[C@@H]3C[C@H](CSSC[C@H](n4ccnc4)CC(C)(C)C4=C5C[C@@H]6CC[C@H]7CCC[C@]7(C6)[C@@H]5C5=C6[C@H](CCC5)C[C@@H]3[C@H](O)[C@H]64)[C@@]2(O)C2=CC(=O)[C@@H]3C[C@@H](O)[C@@H](O)C[C@]3(C)[C@H]21. The van der Waals surface area contributed by atoms with Crippen molar-refractivity contribution in [3.8, 4) is 0 Å². The largest absolute Gasteiger partial charge is 0.392 e. The van der Waals surface area contributed by atoms with Crippen LogP contribution < -0.4 is 11.1 Å². The zero-order valence-electron chi connectivity index (χ0n) is 41.9. The van der Waals surface area contributed by atoms with Crippen LogP contribution in [0.4, 0.5) is 0 Å². The van der Waals surface area contributed by atoms with Crippen LogP contribution in [0.15, 0.2) is 57.7 Å². The smallest absolute Gasteiger partial charge is 0.190 e. The second kappa shape index (κ2) is 17.0. The Morgan fingerprint density at radius 1 is 0.971 bits per heavy atom. The third-order valence-corrected chi connectivity index (χ3v) is 24.9. The standard InChI is InChI=1S/C56H81N5O6S2/c1-29(62)60-51(57)59-25-32-22-54(5)39-18-34(56(54,67)41-20-42(63)40-19-43(64)44(65)24-53(40,4)47(32)41)26-68-69-27-35(61-15-14-58-28-61)23-52(2,3)49-38-16-30-11-12-33-9-7-13-55(33,21-30)48(38)36-10-6-8-31-17-37(39)50(66)46(49)45(31)36/h14-15,20,28-35,37,39-40,43-44,46-48,50,62,64-67H,6-13,16-19,21-27H2,1-5H3,(H3,57,59,60)/t29-,30-,31+,32-,33+,34+,35+,37-,39+,40-,43+,44-,46+,47-,48+,50-,53-,54+,55+,56+/m0/s1. The number of carbonyl (C=O) groups excluding carboxylic acids is 1. The Morgan fingerprint density at radius 3 is 2.57 bits per heavy atom. The summed E-state index contributed by atoms with van der Waals surface area (Å²) in [6.45, 7) is 11.4. The number of aliphatic imine (C=N–C) groups is 1. The molecular formula is C56H81N5O6S2. The summed E-state index contributed by atoms with van der Waals surface area (Å²) in [4.78, 5) is 24.2. The Bertz CT molecular complexity index is 2350. The van der Waals surface area contributed by atoms with Gasteiger partial charge in [-0.05, 0) is 173 Å². The van der Waals surface area contributed by atoms with Gasteiger partial charge in [-0.2, -0.15) is 0 Å². The zero-order valence-corrected chi connectivity index (χ0v) is 43.5. The number of aromatic nitrogens is 2. The monoisotopic (exact) mass is 984 g/mol. The second-order valence-electron chi connectivity index (χ2n) is 26.2. The number of aliphatic hydroxyl groups is 5. The number of hydrogen-bond acceptors (Lipinski definition) is 10. The minimum atomic E-state index is -1.36. The number of ketones is 1. The van der Waals surface area contributed by atoms with Crippen LogP contribution in [0.3, 0.4) is 0 Å². The maximum atomic E-state index is 14.8. The first-order valence-electron chi connectivity index (χ1n) is 27.3. The number of aliphatic hydroxyl groups excluding tert-OH is 4. The van der Waals surface area contributed by atoms with Crippen LogP contribution in [0.5, 0.6) is 0 Å². The molecule has 0 radical (unpaired) electrons. The predicted molar refractivity (Wildman–Crippen MR) is 272 cm³/mol. The number of hydrogen-bond donors (Lipinski definition) is 7. The average molecular weight is 984 g/mol. The van der Waals surface area contributed by atoms with Crippen LogP contribution in [0.1, 0.15) is 143 Å². The number of nitrogens with two attached hydrogens (primary N) is 1. The van der Waals surface area contributed by atoms with Crippen LogP contribution in [-0.2, 0) is 4.79 Å². The van der Waals surface area contributed by atoms with Gasteiger partial charge in [-0.1, -0.05) is 78.0 Å². The van der Waals surface area contributed by atoms with E-state index in [4.69, 9.17) is 10.7 Å². The molecule has 11 aliphatic rings. The molecule has 0 aromatic carbocycles. The highest BCUT2D eigenvalue weighted by molar-refractivity contribution is 8.76. The number of carbonyl (C=O) groups is 1. The third-order valence-electron chi connectivity index (χ3n) is 22.4. The first-order valence-corrected chi connectivity index (χ1v) is 29.8. The van der Waals surface area contributed by atoms with Crippen LogP contribution in [0.2, 0.25) is 0 Å². The molecule has 378 valence electrons. The molecular weight excluding hydrogens is 903 g/mol. The first-order chi connectivity index (χ1) is 32.9. The Labute approximate surface area is 418 Å². The Kier molecular flexibility index (Phi) is 11.8. The zero-order chi connectivity index (χ0) is 48.2. The lowest BCUT2D eigenvalue weighted by Crippen LogP contribution is -2.65. The van der Waals surface area contributed by atoms with Crippen molar-refractivity contribution < 1.29 is 30.3 Å². The van der Waals surface area contributed by atoms with Crippen molar-refractivity contribution >= 4 is 33.3 Å². The lowest BCUT2D eigenvalue weighted by atomic mass is 9.41. The maximum absolute atomic E-state index is 14.8. The lowest BCUT2D eigenvalue weighted by Gasteiger charge is -2.64. The van der Waals surface area contributed by atoms with Crippen molar-refractivity contribution in [2.75, 3.05) is 18.1 Å². The maximum Gasteiger partial charge on any atom is 0.190 e. The molecule has 1 spiro atoms. The second-order valence-corrected chi connectivity index (χ2v) is 28.7. The summed E-state index contributed by atoms with van der Waals surface area (Å²) in [5.41, 5.74) is 11.2. The molecule has 1 aromatic rings. The fourth-order valence-electron chi connectivity index (χ4n) is 20.2. The van der Waals surface area contributed by atoms with Crippen LogP contribution >= 0.6 is 21.6 Å². The van der Waals surface area contributed by atoms with Gasteiger partial charge in [0.1, 0.15) is 6.23 Å². The molecule has 1 aliphatic heterocycles. The van der Waals surface area contributed by atoms with E-state index in [1.807, 2.05) is 34.1 Å². The summed E-state index contributed by atoms with van der Waals surface area (Å²) in [5, 5.41) is 64.0. The fourth-order valence-corrected chi connectivity index (χ4v) is 22.9. The fraction of sp³-hybridized carbons (Fsp3) is 0.804. The number of fused-ring (bicyclic) bond motifs is 14. The molecule has 1 aromatic heterocycles. The molecule has 6 bridgehead atoms. The van der Waals surface area contributed by atoms with Crippen molar-refractivity contribution in [3.05, 3.63) is 52.7 Å². The van der Waals surface area contributed by atoms with E-state index in [9.17, 15) is 30.3 Å². The summed E-state index contributed by atoms with van der Waals surface area (Å²) in [7, 11) is 3.77. The highest BCUT2D eigenvalue weighted by atomic mass is 33.1. The first kappa shape index (κ1) is 47.8. The van der Waals surface area contributed by atoms with E-state index in [2.05, 4.69) is 48.8 Å². The molecule has 8 fully saturated rings. The van der Waals surface area contributed by atoms with Crippen molar-refractivity contribution in [2.24, 2.45) is 97.5 Å². The highest BCUT2D eigenvalue weighted by Crippen LogP contribution is 2.75. The molecule has 0 amide bonds. The van der Waals surface area contributed by atoms with E-state index >= 15 is 0 Å². The number of allylic oxidation sites excluding steroid dienone is 3. The van der Waals surface area contributed by atoms with Gasteiger partial charge in [-0.15, -0.1) is 0 Å². The van der Waals surface area contributed by atoms with E-state index in [1.54, 1.807) is 35.3 Å². The van der Waals surface area contributed by atoms with Gasteiger partial charge >= 0.3 is 0 Å². The Balaban J connectivity index is 1.04. The van der Waals surface area contributed by atoms with Crippen LogP contribution in [-0.4, -0.2) is 95.0 Å². The highest BCUT2D eigenvalue weighted by Gasteiger charge is 2.73. The molecule has 11 nitrogen and oxygen atoms in total. The quantitative estimate of drug-likeness (QED) is 0.0508. The molecule has 1 saturated heterocycles. The van der Waals surface area contributed by atoms with E-state index in [0.717, 1.165) is 42.9 Å². The average Bonchev–Trinajstić information content (AvgIpc) is 4.03. The molecule has 20 atom stereocenters. The van der Waals surface area contributed by atoms with E-state index < -0.39 is 46.9 Å². The number of rotatable bonds is 4. The molecule has 69 heavy (non-hydrogen) atoms. The predicted octanol–water partition coefficient (Wildman–Crippen LogP) is 8.15. The van der Waals surface area contributed by atoms with Gasteiger partial charge < -0.3 is 41.2 Å². The topological polar surface area (TPSA) is 186 Å². The molecule has 0 unspecified atom stereocenters. The Morgan fingerprint density at radius 2 is 1.78 bits per heavy atom. The van der Waals surface area contributed by atoms with Gasteiger partial charge in [0.15, 0.2) is 11.7 Å². The van der Waals surface area contributed by atoms with Crippen LogP contribution in [0.25, 0.3) is 0 Å². The van der Waals surface area contributed by atoms with E-state index in [1.165, 1.54) is 57.8 Å². The van der Waals surface area contributed by atoms with Gasteiger partial charge in [0.25, 0.3) is 0 Å². The number of nitrogens with zero attached hydrogens (tertiary/aromatic N) is 3. The number of nitrogens with one attached hydrogen (secondary N) is 1. The minimum absolute atomic E-state index is 0.0297. The van der Waals surface area contributed by atoms with E-state index in [0.29, 0.717) is 41.9 Å². The minimum Gasteiger partial charge on any atom is -0.392 e. The van der Waals surface area contributed by atoms with Crippen molar-refractivity contribution in [1.29, 1.82) is 0 Å². The van der Waals surface area contributed by atoms with Gasteiger partial charge in [0.05, 0.1) is 30.2 Å². The summed E-state index contributed by atoms with van der Waals surface area (Å²) < 4.78 is 2.33. The molecule has 12 rings (SSSR count). The van der Waals surface area contributed by atoms with Crippen molar-refractivity contribution in [2.45, 2.75) is 174 Å². The van der Waals surface area contributed by atoms with E-state index in [-0.39, 0.29) is 71.5 Å². The van der Waals surface area contributed by atoms with Gasteiger partial charge in [-0.3, -0.25) is 9.79 Å². The summed E-state index contributed by atoms with van der Waals surface area (Å²) in [5.74, 6) is 2.79. The van der Waals surface area contributed by atoms with Crippen molar-refractivity contribution in [1.82, 2.24) is 14.9 Å². The lowest BCUT2D eigenvalue weighted by molar-refractivity contribution is -0.171. The molecule has 8 N–H and O–H groups in total. The molecule has 13 heteroatoms.